The summed E-state index contributed by atoms with van der Waals surface area (Å²) in [6.45, 7) is 2.62. The average Bonchev–Trinajstić information content (AvgIpc) is 2.46. The predicted molar refractivity (Wildman–Crippen MR) is 47.8 cm³/mol. The maximum Gasteiger partial charge on any atom is 0.0935 e. The van der Waals surface area contributed by atoms with Gasteiger partial charge in [0, 0.05) is 19.1 Å². The lowest BCUT2D eigenvalue weighted by Gasteiger charge is -2.36. The number of fused-ring (bicyclic) bond motifs is 1. The Hall–Kier alpha value is -0.120. The molecule has 2 atom stereocenters. The van der Waals surface area contributed by atoms with Crippen LogP contribution < -0.4 is 5.73 Å². The zero-order valence-electron chi connectivity index (χ0n) is 7.50. The van der Waals surface area contributed by atoms with Crippen LogP contribution in [0.15, 0.2) is 0 Å². The van der Waals surface area contributed by atoms with Gasteiger partial charge in [-0.25, -0.2) is 0 Å². The van der Waals surface area contributed by atoms with Gasteiger partial charge in [-0.1, -0.05) is 6.42 Å². The first kappa shape index (κ1) is 8.48. The molecule has 0 bridgehead atoms. The zero-order valence-corrected chi connectivity index (χ0v) is 7.50. The average molecular weight is 170 g/mol. The van der Waals surface area contributed by atoms with Crippen LogP contribution in [-0.4, -0.2) is 41.3 Å². The van der Waals surface area contributed by atoms with E-state index in [1.807, 2.05) is 0 Å². The Balaban J connectivity index is 2.10. The van der Waals surface area contributed by atoms with Crippen LogP contribution in [0.5, 0.6) is 0 Å². The van der Waals surface area contributed by atoms with Gasteiger partial charge < -0.3 is 10.8 Å². The number of hydrogen-bond acceptors (Lipinski definition) is 3. The molecule has 0 saturated carbocycles. The summed E-state index contributed by atoms with van der Waals surface area (Å²) in [4.78, 5) is 2.40. The van der Waals surface area contributed by atoms with Gasteiger partial charge in [0.15, 0.2) is 0 Å². The Labute approximate surface area is 73.5 Å². The summed E-state index contributed by atoms with van der Waals surface area (Å²) in [5.74, 6) is 0. The van der Waals surface area contributed by atoms with Crippen LogP contribution in [0.2, 0.25) is 0 Å². The first-order valence-electron chi connectivity index (χ1n) is 4.93. The van der Waals surface area contributed by atoms with E-state index in [0.717, 1.165) is 25.9 Å². The highest BCUT2D eigenvalue weighted by atomic mass is 16.3. The summed E-state index contributed by atoms with van der Waals surface area (Å²) < 4.78 is 0. The first-order chi connectivity index (χ1) is 5.76. The van der Waals surface area contributed by atoms with Crippen molar-refractivity contribution in [3.63, 3.8) is 0 Å². The summed E-state index contributed by atoms with van der Waals surface area (Å²) in [6.07, 6.45) is 4.54. The topological polar surface area (TPSA) is 49.5 Å². The fourth-order valence-electron chi connectivity index (χ4n) is 2.61. The fourth-order valence-corrected chi connectivity index (χ4v) is 2.61. The molecule has 3 N–H and O–H groups in total. The minimum atomic E-state index is -0.569. The molecule has 2 rings (SSSR count). The van der Waals surface area contributed by atoms with Gasteiger partial charge >= 0.3 is 0 Å². The number of nitrogens with zero attached hydrogens (tertiary/aromatic N) is 1. The summed E-state index contributed by atoms with van der Waals surface area (Å²) in [5, 5.41) is 10.1. The van der Waals surface area contributed by atoms with E-state index in [4.69, 9.17) is 5.73 Å². The van der Waals surface area contributed by atoms with Crippen molar-refractivity contribution in [3.05, 3.63) is 0 Å². The summed E-state index contributed by atoms with van der Waals surface area (Å²) in [7, 11) is 0. The molecule has 3 heteroatoms. The quantitative estimate of drug-likeness (QED) is 0.579. The molecule has 0 aromatic rings. The summed E-state index contributed by atoms with van der Waals surface area (Å²) in [6, 6.07) is 0.358. The fraction of sp³-hybridized carbons (Fsp3) is 1.00. The van der Waals surface area contributed by atoms with E-state index >= 15 is 0 Å². The number of piperidine rings is 1. The second-order valence-electron chi connectivity index (χ2n) is 4.11. The molecule has 0 spiro atoms. The van der Waals surface area contributed by atoms with Crippen LogP contribution in [0, 0.1) is 0 Å². The first-order valence-corrected chi connectivity index (χ1v) is 4.93. The van der Waals surface area contributed by atoms with E-state index < -0.39 is 5.60 Å². The molecule has 12 heavy (non-hydrogen) atoms. The lowest BCUT2D eigenvalue weighted by Crippen LogP contribution is -2.51. The maximum absolute atomic E-state index is 10.1. The number of nitrogens with two attached hydrogens (primary N) is 1. The predicted octanol–water partition coefficient (Wildman–Crippen LogP) is -0.0656. The molecular weight excluding hydrogens is 152 g/mol. The maximum atomic E-state index is 10.1. The van der Waals surface area contributed by atoms with Crippen LogP contribution >= 0.6 is 0 Å². The third kappa shape index (κ3) is 1.16. The third-order valence-corrected chi connectivity index (χ3v) is 3.42. The van der Waals surface area contributed by atoms with Gasteiger partial charge in [0.1, 0.15) is 0 Å². The van der Waals surface area contributed by atoms with Gasteiger partial charge in [0.2, 0.25) is 0 Å². The van der Waals surface area contributed by atoms with Gasteiger partial charge in [-0.3, -0.25) is 4.90 Å². The van der Waals surface area contributed by atoms with Crippen molar-refractivity contribution >= 4 is 0 Å². The molecule has 3 nitrogen and oxygen atoms in total. The molecule has 2 aliphatic heterocycles. The van der Waals surface area contributed by atoms with Gasteiger partial charge in [-0.2, -0.15) is 0 Å². The van der Waals surface area contributed by atoms with E-state index in [1.54, 1.807) is 0 Å². The molecule has 0 amide bonds. The largest absolute Gasteiger partial charge is 0.387 e. The molecule has 2 fully saturated rings. The molecule has 2 unspecified atom stereocenters. The molecule has 0 aliphatic carbocycles. The van der Waals surface area contributed by atoms with Crippen molar-refractivity contribution < 1.29 is 5.11 Å². The van der Waals surface area contributed by atoms with Crippen LogP contribution in [0.4, 0.5) is 0 Å². The lowest BCUT2D eigenvalue weighted by atomic mass is 9.89. The van der Waals surface area contributed by atoms with Gasteiger partial charge in [0.25, 0.3) is 0 Å². The lowest BCUT2D eigenvalue weighted by molar-refractivity contribution is -0.00163. The highest BCUT2D eigenvalue weighted by molar-refractivity contribution is 5.01. The van der Waals surface area contributed by atoms with Gasteiger partial charge in [-0.05, 0) is 25.8 Å². The highest BCUT2D eigenvalue weighted by Crippen LogP contribution is 2.34. The van der Waals surface area contributed by atoms with Crippen LogP contribution in [0.1, 0.15) is 25.7 Å². The standard InChI is InChI=1S/C9H18N2O/c10-7-9(12)4-6-11-5-2-1-3-8(9)11/h8,12H,1-7,10H2. The Morgan fingerprint density at radius 1 is 1.42 bits per heavy atom. The molecule has 0 aromatic carbocycles. The van der Waals surface area contributed by atoms with Gasteiger partial charge in [-0.15, -0.1) is 0 Å². The van der Waals surface area contributed by atoms with Gasteiger partial charge in [0.05, 0.1) is 5.60 Å². The molecule has 2 heterocycles. The van der Waals surface area contributed by atoms with Crippen LogP contribution in [0.3, 0.4) is 0 Å². The van der Waals surface area contributed by atoms with E-state index in [9.17, 15) is 5.11 Å². The molecular formula is C9H18N2O. The van der Waals surface area contributed by atoms with Crippen molar-refractivity contribution in [2.24, 2.45) is 5.73 Å². The zero-order chi connectivity index (χ0) is 8.60. The number of aliphatic hydroxyl groups is 1. The Kier molecular flexibility index (Phi) is 2.10. The Bertz CT molecular complexity index is 174. The number of rotatable bonds is 1. The van der Waals surface area contributed by atoms with E-state index in [2.05, 4.69) is 4.90 Å². The molecule has 70 valence electrons. The Morgan fingerprint density at radius 2 is 2.25 bits per heavy atom. The molecule has 2 saturated heterocycles. The van der Waals surface area contributed by atoms with E-state index in [0.29, 0.717) is 12.6 Å². The van der Waals surface area contributed by atoms with Crippen molar-refractivity contribution in [3.8, 4) is 0 Å². The Morgan fingerprint density at radius 3 is 3.00 bits per heavy atom. The normalized spacial score (nSPS) is 43.0. The summed E-state index contributed by atoms with van der Waals surface area (Å²) >= 11 is 0. The second-order valence-corrected chi connectivity index (χ2v) is 4.11. The van der Waals surface area contributed by atoms with Crippen LogP contribution in [-0.2, 0) is 0 Å². The molecule has 2 aliphatic rings. The van der Waals surface area contributed by atoms with Crippen molar-refractivity contribution in [2.75, 3.05) is 19.6 Å². The SMILES string of the molecule is NCC1(O)CCN2CCCCC21. The number of hydrogen-bond donors (Lipinski definition) is 2. The minimum absolute atomic E-state index is 0.358. The highest BCUT2D eigenvalue weighted by Gasteiger charge is 2.45. The van der Waals surface area contributed by atoms with E-state index in [-0.39, 0.29) is 0 Å². The minimum Gasteiger partial charge on any atom is -0.387 e. The summed E-state index contributed by atoms with van der Waals surface area (Å²) in [5.41, 5.74) is 5.03. The molecule has 0 radical (unpaired) electrons. The second kappa shape index (κ2) is 2.98. The van der Waals surface area contributed by atoms with Crippen LogP contribution in [0.25, 0.3) is 0 Å². The van der Waals surface area contributed by atoms with Crippen molar-refractivity contribution in [1.82, 2.24) is 4.90 Å². The monoisotopic (exact) mass is 170 g/mol. The third-order valence-electron chi connectivity index (χ3n) is 3.42. The van der Waals surface area contributed by atoms with Crippen molar-refractivity contribution in [2.45, 2.75) is 37.3 Å². The van der Waals surface area contributed by atoms with Crippen molar-refractivity contribution in [1.29, 1.82) is 0 Å². The smallest absolute Gasteiger partial charge is 0.0935 e. The molecule has 0 aromatic heterocycles. The van der Waals surface area contributed by atoms with E-state index in [1.165, 1.54) is 12.8 Å².